The third kappa shape index (κ3) is 2.26. The maximum atomic E-state index is 13.7. The Bertz CT molecular complexity index is 569. The lowest BCUT2D eigenvalue weighted by molar-refractivity contribution is -0.384. The summed E-state index contributed by atoms with van der Waals surface area (Å²) in [4.78, 5) is 9.98. The van der Waals surface area contributed by atoms with Crippen LogP contribution in [0.15, 0.2) is 42.5 Å². The zero-order valence-electron chi connectivity index (χ0n) is 8.56. The Labute approximate surface area is 102 Å². The van der Waals surface area contributed by atoms with Gasteiger partial charge in [0.25, 0.3) is 5.69 Å². The highest BCUT2D eigenvalue weighted by atomic mass is 35.5. The molecule has 17 heavy (non-hydrogen) atoms. The minimum Gasteiger partial charge on any atom is -0.258 e. The van der Waals surface area contributed by atoms with Crippen LogP contribution >= 0.6 is 11.6 Å². The summed E-state index contributed by atoms with van der Waals surface area (Å²) in [5, 5.41) is 10.5. The fraction of sp³-hybridized carbons (Fsp3) is 0. The van der Waals surface area contributed by atoms with E-state index in [2.05, 4.69) is 0 Å². The number of rotatable bonds is 2. The Morgan fingerprint density at radius 2 is 1.76 bits per heavy atom. The van der Waals surface area contributed by atoms with E-state index in [0.29, 0.717) is 11.1 Å². The van der Waals surface area contributed by atoms with E-state index in [9.17, 15) is 14.5 Å². The number of nitro groups is 1. The van der Waals surface area contributed by atoms with Crippen molar-refractivity contribution in [3.8, 4) is 11.1 Å². The van der Waals surface area contributed by atoms with Crippen molar-refractivity contribution in [1.29, 1.82) is 0 Å². The van der Waals surface area contributed by atoms with Gasteiger partial charge in [0.05, 0.1) is 9.95 Å². The number of benzene rings is 2. The van der Waals surface area contributed by atoms with Crippen LogP contribution in [0, 0.1) is 15.9 Å². The van der Waals surface area contributed by atoms with E-state index in [4.69, 9.17) is 11.6 Å². The molecule has 0 unspecified atom stereocenters. The van der Waals surface area contributed by atoms with Crippen molar-refractivity contribution in [3.63, 3.8) is 0 Å². The topological polar surface area (TPSA) is 43.1 Å². The molecule has 0 N–H and O–H groups in total. The summed E-state index contributed by atoms with van der Waals surface area (Å²) in [6, 6.07) is 10.3. The summed E-state index contributed by atoms with van der Waals surface area (Å²) in [6.45, 7) is 0. The SMILES string of the molecule is O=[N+]([O-])c1ccc(-c2cccc(Cl)c2F)cc1. The molecule has 0 amide bonds. The van der Waals surface area contributed by atoms with E-state index in [0.717, 1.165) is 0 Å². The van der Waals surface area contributed by atoms with Gasteiger partial charge in [-0.25, -0.2) is 4.39 Å². The van der Waals surface area contributed by atoms with Gasteiger partial charge in [0, 0.05) is 17.7 Å². The normalized spacial score (nSPS) is 10.2. The average molecular weight is 252 g/mol. The fourth-order valence-electron chi connectivity index (χ4n) is 1.49. The van der Waals surface area contributed by atoms with Gasteiger partial charge in [-0.1, -0.05) is 23.7 Å². The smallest absolute Gasteiger partial charge is 0.258 e. The second kappa shape index (κ2) is 4.51. The predicted octanol–water partition coefficient (Wildman–Crippen LogP) is 4.05. The van der Waals surface area contributed by atoms with Crippen LogP contribution < -0.4 is 0 Å². The zero-order chi connectivity index (χ0) is 12.4. The number of nitro benzene ring substituents is 1. The highest BCUT2D eigenvalue weighted by Crippen LogP contribution is 2.28. The van der Waals surface area contributed by atoms with E-state index in [1.807, 2.05) is 0 Å². The lowest BCUT2D eigenvalue weighted by atomic mass is 10.0. The van der Waals surface area contributed by atoms with Crippen molar-refractivity contribution in [1.82, 2.24) is 0 Å². The monoisotopic (exact) mass is 251 g/mol. The van der Waals surface area contributed by atoms with Gasteiger partial charge in [-0.15, -0.1) is 0 Å². The van der Waals surface area contributed by atoms with E-state index >= 15 is 0 Å². The van der Waals surface area contributed by atoms with Gasteiger partial charge in [-0.05, 0) is 23.8 Å². The van der Waals surface area contributed by atoms with Gasteiger partial charge in [-0.3, -0.25) is 10.1 Å². The second-order valence-corrected chi connectivity index (χ2v) is 3.81. The van der Waals surface area contributed by atoms with Crippen LogP contribution in [0.4, 0.5) is 10.1 Å². The lowest BCUT2D eigenvalue weighted by Gasteiger charge is -2.04. The zero-order valence-corrected chi connectivity index (χ0v) is 9.32. The number of nitrogens with zero attached hydrogens (tertiary/aromatic N) is 1. The standard InChI is InChI=1S/C12H7ClFNO2/c13-11-3-1-2-10(12(11)14)8-4-6-9(7-5-8)15(16)17/h1-7H. The molecule has 0 atom stereocenters. The minimum atomic E-state index is -0.525. The molecule has 2 aromatic carbocycles. The van der Waals surface area contributed by atoms with Crippen LogP contribution in [0.2, 0.25) is 5.02 Å². The minimum absolute atomic E-state index is 0.0286. The second-order valence-electron chi connectivity index (χ2n) is 3.41. The van der Waals surface area contributed by atoms with Crippen molar-refractivity contribution < 1.29 is 9.31 Å². The van der Waals surface area contributed by atoms with Crippen molar-refractivity contribution >= 4 is 17.3 Å². The lowest BCUT2D eigenvalue weighted by Crippen LogP contribution is -1.89. The molecule has 0 aliphatic carbocycles. The van der Waals surface area contributed by atoms with Crippen LogP contribution in [0.5, 0.6) is 0 Å². The van der Waals surface area contributed by atoms with Gasteiger partial charge in [0.1, 0.15) is 5.82 Å². The third-order valence-electron chi connectivity index (χ3n) is 2.34. The molecule has 5 heteroatoms. The molecule has 0 aliphatic rings. The molecule has 86 valence electrons. The van der Waals surface area contributed by atoms with Crippen molar-refractivity contribution in [2.45, 2.75) is 0 Å². The van der Waals surface area contributed by atoms with Crippen LogP contribution in [0.1, 0.15) is 0 Å². The van der Waals surface area contributed by atoms with Crippen LogP contribution in [0.3, 0.4) is 0 Å². The first-order valence-electron chi connectivity index (χ1n) is 4.78. The summed E-state index contributed by atoms with van der Waals surface area (Å²) in [7, 11) is 0. The molecular formula is C12H7ClFNO2. The summed E-state index contributed by atoms with van der Waals surface area (Å²) < 4.78 is 13.7. The largest absolute Gasteiger partial charge is 0.269 e. The van der Waals surface area contributed by atoms with Crippen molar-refractivity contribution in [2.75, 3.05) is 0 Å². The van der Waals surface area contributed by atoms with Gasteiger partial charge >= 0.3 is 0 Å². The van der Waals surface area contributed by atoms with Crippen LogP contribution in [-0.2, 0) is 0 Å². The molecule has 0 saturated carbocycles. The molecule has 0 heterocycles. The summed E-state index contributed by atoms with van der Waals surface area (Å²) in [5.74, 6) is -0.525. The molecule has 0 aliphatic heterocycles. The summed E-state index contributed by atoms with van der Waals surface area (Å²) >= 11 is 5.66. The molecule has 3 nitrogen and oxygen atoms in total. The molecule has 0 fully saturated rings. The van der Waals surface area contributed by atoms with E-state index in [1.54, 1.807) is 12.1 Å². The fourth-order valence-corrected chi connectivity index (χ4v) is 1.66. The molecule has 0 radical (unpaired) electrons. The molecule has 0 saturated heterocycles. The maximum Gasteiger partial charge on any atom is 0.269 e. The number of non-ortho nitro benzene ring substituents is 1. The maximum absolute atomic E-state index is 13.7. The Hall–Kier alpha value is -1.94. The summed E-state index contributed by atoms with van der Waals surface area (Å²) in [5.41, 5.74) is 0.846. The number of hydrogen-bond donors (Lipinski definition) is 0. The number of hydrogen-bond acceptors (Lipinski definition) is 2. The Morgan fingerprint density at radius 1 is 1.12 bits per heavy atom. The summed E-state index contributed by atoms with van der Waals surface area (Å²) in [6.07, 6.45) is 0. The molecule has 2 aromatic rings. The quantitative estimate of drug-likeness (QED) is 0.597. The number of halogens is 2. The van der Waals surface area contributed by atoms with Gasteiger partial charge in [-0.2, -0.15) is 0 Å². The molecule has 2 rings (SSSR count). The third-order valence-corrected chi connectivity index (χ3v) is 2.63. The van der Waals surface area contributed by atoms with Crippen LogP contribution in [-0.4, -0.2) is 4.92 Å². The average Bonchev–Trinajstić information content (AvgIpc) is 2.33. The Morgan fingerprint density at radius 3 is 2.35 bits per heavy atom. The highest BCUT2D eigenvalue weighted by molar-refractivity contribution is 6.31. The van der Waals surface area contributed by atoms with E-state index < -0.39 is 10.7 Å². The van der Waals surface area contributed by atoms with E-state index in [-0.39, 0.29) is 10.7 Å². The molecule has 0 aromatic heterocycles. The molecule has 0 spiro atoms. The first-order chi connectivity index (χ1) is 8.09. The van der Waals surface area contributed by atoms with Crippen LogP contribution in [0.25, 0.3) is 11.1 Å². The Kier molecular flexibility index (Phi) is 3.06. The highest BCUT2D eigenvalue weighted by Gasteiger charge is 2.10. The Balaban J connectivity index is 2.47. The van der Waals surface area contributed by atoms with Gasteiger partial charge < -0.3 is 0 Å². The first kappa shape index (κ1) is 11.5. The van der Waals surface area contributed by atoms with Crippen molar-refractivity contribution in [2.24, 2.45) is 0 Å². The van der Waals surface area contributed by atoms with Gasteiger partial charge in [0.2, 0.25) is 0 Å². The predicted molar refractivity (Wildman–Crippen MR) is 63.5 cm³/mol. The molecular weight excluding hydrogens is 245 g/mol. The first-order valence-corrected chi connectivity index (χ1v) is 5.16. The molecule has 0 bridgehead atoms. The van der Waals surface area contributed by atoms with Gasteiger partial charge in [0.15, 0.2) is 0 Å². The van der Waals surface area contributed by atoms with Crippen molar-refractivity contribution in [3.05, 3.63) is 63.4 Å². The van der Waals surface area contributed by atoms with E-state index in [1.165, 1.54) is 30.3 Å².